The largest absolute Gasteiger partial charge is 0.507 e. The molecule has 4 nitrogen and oxygen atoms in total. The van der Waals surface area contributed by atoms with Crippen molar-refractivity contribution in [1.29, 1.82) is 0 Å². The highest BCUT2D eigenvalue weighted by molar-refractivity contribution is 5.97. The summed E-state index contributed by atoms with van der Waals surface area (Å²) in [6, 6.07) is 7.19. The molecule has 0 bridgehead atoms. The van der Waals surface area contributed by atoms with E-state index in [4.69, 9.17) is 9.47 Å². The van der Waals surface area contributed by atoms with Crippen molar-refractivity contribution in [2.24, 2.45) is 0 Å². The number of phenols is 2. The molecule has 0 aliphatic carbocycles. The van der Waals surface area contributed by atoms with Crippen LogP contribution in [0.2, 0.25) is 0 Å². The zero-order valence-electron chi connectivity index (χ0n) is 10.7. The van der Waals surface area contributed by atoms with E-state index in [1.807, 2.05) is 26.0 Å². The summed E-state index contributed by atoms with van der Waals surface area (Å²) in [6.45, 7) is 3.85. The lowest BCUT2D eigenvalue weighted by Crippen LogP contribution is -2.37. The van der Waals surface area contributed by atoms with Crippen molar-refractivity contribution in [3.63, 3.8) is 0 Å². The van der Waals surface area contributed by atoms with E-state index in [0.717, 1.165) is 0 Å². The summed E-state index contributed by atoms with van der Waals surface area (Å²) >= 11 is 0. The molecule has 2 unspecified atom stereocenters. The summed E-state index contributed by atoms with van der Waals surface area (Å²) in [6.07, 6.45) is -0.249. The lowest BCUT2D eigenvalue weighted by Gasteiger charge is -2.30. The summed E-state index contributed by atoms with van der Waals surface area (Å²) in [5, 5.41) is 22.0. The van der Waals surface area contributed by atoms with Crippen LogP contribution in [0.25, 0.3) is 10.8 Å². The number of fused-ring (bicyclic) bond motifs is 4. The molecule has 2 atom stereocenters. The van der Waals surface area contributed by atoms with Crippen LogP contribution < -0.4 is 4.74 Å². The first-order valence-corrected chi connectivity index (χ1v) is 6.31. The predicted molar refractivity (Wildman–Crippen MR) is 69.6 cm³/mol. The first-order chi connectivity index (χ1) is 9.00. The highest BCUT2D eigenvalue weighted by Gasteiger charge is 2.58. The Balaban J connectivity index is 2.09. The Morgan fingerprint density at radius 1 is 1.05 bits per heavy atom. The van der Waals surface area contributed by atoms with Crippen molar-refractivity contribution >= 4 is 10.8 Å². The van der Waals surface area contributed by atoms with Gasteiger partial charge in [0.15, 0.2) is 11.5 Å². The Morgan fingerprint density at radius 2 is 1.68 bits per heavy atom. The molecule has 0 amide bonds. The van der Waals surface area contributed by atoms with E-state index in [1.54, 1.807) is 12.1 Å². The van der Waals surface area contributed by atoms with E-state index in [-0.39, 0.29) is 23.7 Å². The van der Waals surface area contributed by atoms with Gasteiger partial charge < -0.3 is 19.7 Å². The minimum atomic E-state index is -0.496. The standard InChI is InChI=1S/C15H14O4/c1-15(2)14-13(18-14)9-10(16)7-5-3-4-6-8(7)11(17)12(9)19-15/h3-6,13-14,16-17H,1-2H3. The maximum atomic E-state index is 10.4. The minimum Gasteiger partial charge on any atom is -0.507 e. The molecule has 4 rings (SSSR count). The van der Waals surface area contributed by atoms with Gasteiger partial charge in [-0.15, -0.1) is 0 Å². The third-order valence-corrected chi connectivity index (χ3v) is 3.98. The molecule has 0 saturated carbocycles. The van der Waals surface area contributed by atoms with E-state index >= 15 is 0 Å². The van der Waals surface area contributed by atoms with Crippen molar-refractivity contribution in [2.75, 3.05) is 0 Å². The van der Waals surface area contributed by atoms with Gasteiger partial charge in [0, 0.05) is 10.8 Å². The van der Waals surface area contributed by atoms with E-state index in [9.17, 15) is 10.2 Å². The van der Waals surface area contributed by atoms with Crippen LogP contribution in [0.15, 0.2) is 24.3 Å². The summed E-state index contributed by atoms with van der Waals surface area (Å²) in [4.78, 5) is 0. The first-order valence-electron chi connectivity index (χ1n) is 6.31. The second-order valence-electron chi connectivity index (χ2n) is 5.67. The van der Waals surface area contributed by atoms with E-state index < -0.39 is 5.60 Å². The second kappa shape index (κ2) is 3.14. The van der Waals surface area contributed by atoms with Crippen LogP contribution in [0.1, 0.15) is 25.5 Å². The molecule has 98 valence electrons. The molecule has 2 heterocycles. The van der Waals surface area contributed by atoms with Crippen LogP contribution in [0, 0.1) is 0 Å². The average molecular weight is 258 g/mol. The third kappa shape index (κ3) is 1.27. The van der Waals surface area contributed by atoms with Gasteiger partial charge in [0.1, 0.15) is 23.6 Å². The van der Waals surface area contributed by atoms with E-state index in [2.05, 4.69) is 0 Å². The van der Waals surface area contributed by atoms with Crippen molar-refractivity contribution in [3.05, 3.63) is 29.8 Å². The van der Waals surface area contributed by atoms with Gasteiger partial charge in [-0.3, -0.25) is 0 Å². The van der Waals surface area contributed by atoms with Crippen LogP contribution in [0.5, 0.6) is 17.2 Å². The second-order valence-corrected chi connectivity index (χ2v) is 5.67. The molecule has 1 fully saturated rings. The zero-order valence-corrected chi connectivity index (χ0v) is 10.7. The Kier molecular flexibility index (Phi) is 1.81. The van der Waals surface area contributed by atoms with E-state index in [0.29, 0.717) is 22.1 Å². The van der Waals surface area contributed by atoms with Crippen LogP contribution in [-0.2, 0) is 4.74 Å². The number of phenolic OH excluding ortho intramolecular Hbond substituents is 2. The van der Waals surface area contributed by atoms with Crippen molar-refractivity contribution in [3.8, 4) is 17.2 Å². The fraction of sp³-hybridized carbons (Fsp3) is 0.333. The van der Waals surface area contributed by atoms with E-state index in [1.165, 1.54) is 0 Å². The maximum Gasteiger partial charge on any atom is 0.172 e. The van der Waals surface area contributed by atoms with Crippen LogP contribution in [0.3, 0.4) is 0 Å². The van der Waals surface area contributed by atoms with Gasteiger partial charge in [0.2, 0.25) is 0 Å². The Hall–Kier alpha value is -1.94. The van der Waals surface area contributed by atoms with Crippen LogP contribution in [-0.4, -0.2) is 21.9 Å². The Labute approximate surface area is 110 Å². The fourth-order valence-corrected chi connectivity index (χ4v) is 2.95. The first kappa shape index (κ1) is 10.9. The molecule has 0 spiro atoms. The van der Waals surface area contributed by atoms with Gasteiger partial charge >= 0.3 is 0 Å². The lowest BCUT2D eigenvalue weighted by atomic mass is 9.91. The molecule has 2 aromatic carbocycles. The van der Waals surface area contributed by atoms with Crippen molar-refractivity contribution in [1.82, 2.24) is 0 Å². The molecule has 2 aromatic rings. The van der Waals surface area contributed by atoms with Gasteiger partial charge in [-0.1, -0.05) is 24.3 Å². The summed E-state index contributed by atoms with van der Waals surface area (Å²) in [5.74, 6) is 0.566. The van der Waals surface area contributed by atoms with Crippen molar-refractivity contribution in [2.45, 2.75) is 31.7 Å². The fourth-order valence-electron chi connectivity index (χ4n) is 2.95. The summed E-state index contributed by atoms with van der Waals surface area (Å²) in [7, 11) is 0. The average Bonchev–Trinajstić information content (AvgIpc) is 3.16. The highest BCUT2D eigenvalue weighted by Crippen LogP contribution is 2.60. The monoisotopic (exact) mass is 258 g/mol. The smallest absolute Gasteiger partial charge is 0.172 e. The zero-order chi connectivity index (χ0) is 13.4. The van der Waals surface area contributed by atoms with Gasteiger partial charge in [0.25, 0.3) is 0 Å². The molecule has 2 N–H and O–H groups in total. The molecule has 19 heavy (non-hydrogen) atoms. The van der Waals surface area contributed by atoms with Gasteiger partial charge in [-0.2, -0.15) is 0 Å². The summed E-state index contributed by atoms with van der Waals surface area (Å²) in [5.41, 5.74) is 0.0739. The molecule has 2 aliphatic rings. The molecule has 0 aromatic heterocycles. The summed E-state index contributed by atoms with van der Waals surface area (Å²) < 4.78 is 11.5. The number of benzene rings is 2. The normalized spacial score (nSPS) is 26.4. The highest BCUT2D eigenvalue weighted by atomic mass is 16.6. The number of ether oxygens (including phenoxy) is 2. The Bertz CT molecular complexity index is 705. The number of aromatic hydroxyl groups is 2. The number of epoxide rings is 1. The maximum absolute atomic E-state index is 10.4. The number of hydrogen-bond acceptors (Lipinski definition) is 4. The van der Waals surface area contributed by atoms with Gasteiger partial charge in [0.05, 0.1) is 5.56 Å². The third-order valence-electron chi connectivity index (χ3n) is 3.98. The quantitative estimate of drug-likeness (QED) is 0.563. The molecular weight excluding hydrogens is 244 g/mol. The van der Waals surface area contributed by atoms with Crippen LogP contribution in [0.4, 0.5) is 0 Å². The SMILES string of the molecule is CC1(C)Oc2c(c(O)c3ccccc3c2O)C2OC21. The molecular formula is C15H14O4. The molecule has 1 saturated heterocycles. The van der Waals surface area contributed by atoms with Gasteiger partial charge in [-0.05, 0) is 13.8 Å². The van der Waals surface area contributed by atoms with Crippen molar-refractivity contribution < 1.29 is 19.7 Å². The number of rotatable bonds is 0. The molecule has 0 radical (unpaired) electrons. The Morgan fingerprint density at radius 3 is 2.37 bits per heavy atom. The predicted octanol–water partition coefficient (Wildman–Crippen LogP) is 2.86. The van der Waals surface area contributed by atoms with Crippen LogP contribution >= 0.6 is 0 Å². The molecule has 4 heteroatoms. The number of hydrogen-bond donors (Lipinski definition) is 2. The minimum absolute atomic E-state index is 0.0635. The molecule has 2 aliphatic heterocycles. The van der Waals surface area contributed by atoms with Gasteiger partial charge in [-0.25, -0.2) is 0 Å². The lowest BCUT2D eigenvalue weighted by molar-refractivity contribution is 0.0692. The topological polar surface area (TPSA) is 62.2 Å².